The molecule has 1 aliphatic heterocycles. The Bertz CT molecular complexity index is 850. The van der Waals surface area contributed by atoms with Gasteiger partial charge in [0, 0.05) is 45.1 Å². The minimum Gasteiger partial charge on any atom is -0.379 e. The van der Waals surface area contributed by atoms with Gasteiger partial charge in [-0.2, -0.15) is 0 Å². The average Bonchev–Trinajstić information content (AvgIpc) is 2.76. The number of hydrogen-bond donors (Lipinski definition) is 2. The molecule has 2 amide bonds. The van der Waals surface area contributed by atoms with Crippen LogP contribution in [0.5, 0.6) is 0 Å². The van der Waals surface area contributed by atoms with E-state index in [9.17, 15) is 14.0 Å². The highest BCUT2D eigenvalue weighted by molar-refractivity contribution is 6.39. The summed E-state index contributed by atoms with van der Waals surface area (Å²) >= 11 is 0. The van der Waals surface area contributed by atoms with Gasteiger partial charge in [-0.05, 0) is 42.0 Å². The lowest BCUT2D eigenvalue weighted by molar-refractivity contribution is -0.136. The summed E-state index contributed by atoms with van der Waals surface area (Å²) in [6.07, 6.45) is 0. The monoisotopic (exact) mass is 414 g/mol. The number of morpholine rings is 1. The summed E-state index contributed by atoms with van der Waals surface area (Å²) in [7, 11) is 3.96. The van der Waals surface area contributed by atoms with Crippen molar-refractivity contribution >= 4 is 23.2 Å². The predicted molar refractivity (Wildman–Crippen MR) is 114 cm³/mol. The molecule has 8 heteroatoms. The Kier molecular flexibility index (Phi) is 7.37. The van der Waals surface area contributed by atoms with E-state index in [2.05, 4.69) is 15.5 Å². The van der Waals surface area contributed by atoms with Crippen molar-refractivity contribution in [3.63, 3.8) is 0 Å². The fourth-order valence-electron chi connectivity index (χ4n) is 3.33. The van der Waals surface area contributed by atoms with Gasteiger partial charge >= 0.3 is 11.8 Å². The van der Waals surface area contributed by atoms with Crippen LogP contribution in [0, 0.1) is 5.82 Å². The highest BCUT2D eigenvalue weighted by Gasteiger charge is 2.24. The van der Waals surface area contributed by atoms with Crippen molar-refractivity contribution in [2.75, 3.05) is 57.2 Å². The van der Waals surface area contributed by atoms with Crippen molar-refractivity contribution in [2.24, 2.45) is 0 Å². The maximum atomic E-state index is 13.0. The molecule has 0 radical (unpaired) electrons. The van der Waals surface area contributed by atoms with Crippen molar-refractivity contribution in [3.05, 3.63) is 59.9 Å². The van der Waals surface area contributed by atoms with Gasteiger partial charge < -0.3 is 20.3 Å². The van der Waals surface area contributed by atoms with E-state index < -0.39 is 17.6 Å². The second kappa shape index (κ2) is 10.2. The predicted octanol–water partition coefficient (Wildman–Crippen LogP) is 2.02. The maximum Gasteiger partial charge on any atom is 0.313 e. The summed E-state index contributed by atoms with van der Waals surface area (Å²) < 4.78 is 18.4. The minimum absolute atomic E-state index is 0.0762. The number of anilines is 2. The number of amides is 2. The summed E-state index contributed by atoms with van der Waals surface area (Å²) in [6.45, 7) is 3.04. The van der Waals surface area contributed by atoms with Crippen LogP contribution in [0.3, 0.4) is 0 Å². The fraction of sp³-hybridized carbons (Fsp3) is 0.364. The molecule has 160 valence electrons. The van der Waals surface area contributed by atoms with E-state index in [1.165, 1.54) is 24.3 Å². The number of carbonyl (C=O) groups excluding carboxylic acids is 2. The molecule has 1 saturated heterocycles. The molecule has 0 spiro atoms. The zero-order valence-corrected chi connectivity index (χ0v) is 17.2. The standard InChI is InChI=1S/C22H27FN4O3/c1-26(2)19-9-3-16(4-10-19)20(27-11-13-30-14-12-27)15-24-21(28)22(29)25-18-7-5-17(23)6-8-18/h3-10,20H,11-15H2,1-2H3,(H,24,28)(H,25,29)/t20-/m0/s1. The smallest absolute Gasteiger partial charge is 0.313 e. The van der Waals surface area contributed by atoms with Gasteiger partial charge in [-0.3, -0.25) is 14.5 Å². The first-order chi connectivity index (χ1) is 14.4. The van der Waals surface area contributed by atoms with Crippen molar-refractivity contribution in [3.8, 4) is 0 Å². The normalized spacial score (nSPS) is 15.3. The van der Waals surface area contributed by atoms with E-state index in [-0.39, 0.29) is 12.6 Å². The number of benzene rings is 2. The largest absolute Gasteiger partial charge is 0.379 e. The molecule has 1 aliphatic rings. The van der Waals surface area contributed by atoms with Crippen LogP contribution in [-0.4, -0.2) is 63.7 Å². The zero-order valence-electron chi connectivity index (χ0n) is 17.2. The summed E-state index contributed by atoms with van der Waals surface area (Å²) in [6, 6.07) is 13.3. The summed E-state index contributed by atoms with van der Waals surface area (Å²) in [4.78, 5) is 28.8. The van der Waals surface area contributed by atoms with Gasteiger partial charge in [-0.15, -0.1) is 0 Å². The van der Waals surface area contributed by atoms with E-state index >= 15 is 0 Å². The van der Waals surface area contributed by atoms with Crippen LogP contribution in [0.15, 0.2) is 48.5 Å². The topological polar surface area (TPSA) is 73.9 Å². The van der Waals surface area contributed by atoms with Gasteiger partial charge in [-0.25, -0.2) is 4.39 Å². The molecule has 1 heterocycles. The first-order valence-corrected chi connectivity index (χ1v) is 9.88. The molecule has 2 aromatic rings. The molecule has 0 aromatic heterocycles. The molecule has 1 fully saturated rings. The number of halogens is 1. The van der Waals surface area contributed by atoms with Crippen LogP contribution in [0.25, 0.3) is 0 Å². The van der Waals surface area contributed by atoms with Crippen molar-refractivity contribution in [1.29, 1.82) is 0 Å². The van der Waals surface area contributed by atoms with Crippen molar-refractivity contribution in [1.82, 2.24) is 10.2 Å². The molecule has 0 aliphatic carbocycles. The Morgan fingerprint density at radius 2 is 1.67 bits per heavy atom. The molecule has 30 heavy (non-hydrogen) atoms. The van der Waals surface area contributed by atoms with Gasteiger partial charge in [0.05, 0.1) is 19.3 Å². The Morgan fingerprint density at radius 1 is 1.03 bits per heavy atom. The highest BCUT2D eigenvalue weighted by Crippen LogP contribution is 2.23. The third-order valence-corrected chi connectivity index (χ3v) is 5.04. The average molecular weight is 414 g/mol. The second-order valence-electron chi connectivity index (χ2n) is 7.32. The number of carbonyl (C=O) groups is 2. The van der Waals surface area contributed by atoms with E-state index in [1.54, 1.807) is 0 Å². The first kappa shape index (κ1) is 21.7. The van der Waals surface area contributed by atoms with Gasteiger partial charge in [0.15, 0.2) is 0 Å². The molecular weight excluding hydrogens is 387 g/mol. The van der Waals surface area contributed by atoms with Crippen LogP contribution in [0.2, 0.25) is 0 Å². The van der Waals surface area contributed by atoms with Gasteiger partial charge in [0.2, 0.25) is 0 Å². The Labute approximate surface area is 175 Å². The van der Waals surface area contributed by atoms with E-state index in [1.807, 2.05) is 43.3 Å². The lowest BCUT2D eigenvalue weighted by Crippen LogP contribution is -2.45. The lowest BCUT2D eigenvalue weighted by Gasteiger charge is -2.35. The van der Waals surface area contributed by atoms with Crippen LogP contribution < -0.4 is 15.5 Å². The third kappa shape index (κ3) is 5.77. The number of rotatable bonds is 6. The molecule has 3 rings (SSSR count). The molecule has 0 bridgehead atoms. The number of nitrogens with zero attached hydrogens (tertiary/aromatic N) is 2. The molecule has 2 aromatic carbocycles. The molecule has 0 unspecified atom stereocenters. The number of nitrogens with one attached hydrogen (secondary N) is 2. The maximum absolute atomic E-state index is 13.0. The van der Waals surface area contributed by atoms with Gasteiger partial charge in [-0.1, -0.05) is 12.1 Å². The Hall–Kier alpha value is -2.97. The summed E-state index contributed by atoms with van der Waals surface area (Å²) in [5, 5.41) is 5.20. The summed E-state index contributed by atoms with van der Waals surface area (Å²) in [5.41, 5.74) is 2.50. The van der Waals surface area contributed by atoms with E-state index in [0.717, 1.165) is 24.3 Å². The third-order valence-electron chi connectivity index (χ3n) is 5.04. The second-order valence-corrected chi connectivity index (χ2v) is 7.32. The molecule has 2 N–H and O–H groups in total. The van der Waals surface area contributed by atoms with Gasteiger partial charge in [0.1, 0.15) is 5.82 Å². The number of hydrogen-bond acceptors (Lipinski definition) is 5. The molecule has 7 nitrogen and oxygen atoms in total. The SMILES string of the molecule is CN(C)c1ccc([C@H](CNC(=O)C(=O)Nc2ccc(F)cc2)N2CCOCC2)cc1. The molecule has 0 saturated carbocycles. The lowest BCUT2D eigenvalue weighted by atomic mass is 10.0. The summed E-state index contributed by atoms with van der Waals surface area (Å²) in [5.74, 6) is -1.93. The quantitative estimate of drug-likeness (QED) is 0.708. The van der Waals surface area contributed by atoms with Crippen LogP contribution in [0.4, 0.5) is 15.8 Å². The Balaban J connectivity index is 1.65. The number of ether oxygens (including phenoxy) is 1. The van der Waals surface area contributed by atoms with Crippen LogP contribution in [0.1, 0.15) is 11.6 Å². The Morgan fingerprint density at radius 3 is 2.27 bits per heavy atom. The van der Waals surface area contributed by atoms with E-state index in [0.29, 0.717) is 18.9 Å². The highest BCUT2D eigenvalue weighted by atomic mass is 19.1. The van der Waals surface area contributed by atoms with Crippen LogP contribution >= 0.6 is 0 Å². The van der Waals surface area contributed by atoms with Crippen molar-refractivity contribution < 1.29 is 18.7 Å². The van der Waals surface area contributed by atoms with Crippen molar-refractivity contribution in [2.45, 2.75) is 6.04 Å². The molecular formula is C22H27FN4O3. The zero-order chi connectivity index (χ0) is 21.5. The fourth-order valence-corrected chi connectivity index (χ4v) is 3.33. The van der Waals surface area contributed by atoms with Gasteiger partial charge in [0.25, 0.3) is 0 Å². The minimum atomic E-state index is -0.787. The first-order valence-electron chi connectivity index (χ1n) is 9.88. The molecule has 1 atom stereocenters. The van der Waals surface area contributed by atoms with E-state index in [4.69, 9.17) is 4.74 Å². The van der Waals surface area contributed by atoms with Crippen LogP contribution in [-0.2, 0) is 14.3 Å².